The molecule has 1 saturated heterocycles. The maximum absolute atomic E-state index is 15.5. The molecular formula is C32H32Cl2FN7O3. The smallest absolute Gasteiger partial charge is 0.254 e. The van der Waals surface area contributed by atoms with Crippen LogP contribution in [0.25, 0.3) is 16.9 Å². The Labute approximate surface area is 269 Å². The van der Waals surface area contributed by atoms with Gasteiger partial charge in [0.25, 0.3) is 5.56 Å². The Bertz CT molecular complexity index is 1830. The molecule has 2 aromatic carbocycles. The van der Waals surface area contributed by atoms with Gasteiger partial charge in [-0.1, -0.05) is 66.0 Å². The number of rotatable bonds is 3. The number of likely N-dealkylation sites (tertiary alicyclic amines) is 1. The summed E-state index contributed by atoms with van der Waals surface area (Å²) in [6.45, 7) is 4.05. The third-order valence-corrected chi connectivity index (χ3v) is 9.24. The molecule has 2 aliphatic heterocycles. The zero-order valence-corrected chi connectivity index (χ0v) is 26.3. The Hall–Kier alpha value is -4.09. The summed E-state index contributed by atoms with van der Waals surface area (Å²) in [6, 6.07) is 11.1. The maximum Gasteiger partial charge on any atom is 0.254 e. The van der Waals surface area contributed by atoms with E-state index in [2.05, 4.69) is 20.6 Å². The molecule has 0 radical (unpaired) electrons. The summed E-state index contributed by atoms with van der Waals surface area (Å²) in [5.41, 5.74) is 1.71. The molecule has 1 N–H and O–H groups in total. The van der Waals surface area contributed by atoms with Gasteiger partial charge in [-0.25, -0.2) is 14.1 Å². The zero-order valence-electron chi connectivity index (χ0n) is 24.8. The summed E-state index contributed by atoms with van der Waals surface area (Å²) in [5, 5.41) is 10.9. The lowest BCUT2D eigenvalue weighted by atomic mass is 9.86. The molecule has 2 unspecified atom stereocenters. The highest BCUT2D eigenvalue weighted by atomic mass is 35.5. The van der Waals surface area contributed by atoms with Crippen LogP contribution in [0, 0.1) is 11.7 Å². The van der Waals surface area contributed by atoms with E-state index in [1.807, 2.05) is 36.1 Å². The largest absolute Gasteiger partial charge is 0.351 e. The lowest BCUT2D eigenvalue weighted by Gasteiger charge is -2.42. The number of amides is 2. The topological polar surface area (TPSA) is 115 Å². The number of halogens is 3. The molecule has 0 saturated carbocycles. The SMILES string of the molecule is CC(=O)N1CCCC2NC(=O)[C@H](C)CCC[C@H](n3cnc(-c4c(-n5cc(Cl)nn5)ccc(Cl)c4F)cc3=O)c3cccc(c3)C21. The molecule has 10 nitrogen and oxygen atoms in total. The summed E-state index contributed by atoms with van der Waals surface area (Å²) >= 11 is 12.1. The second-order valence-corrected chi connectivity index (χ2v) is 12.5. The van der Waals surface area contributed by atoms with E-state index in [1.165, 1.54) is 33.9 Å². The van der Waals surface area contributed by atoms with Crippen LogP contribution < -0.4 is 10.9 Å². The number of nitrogens with zero attached hydrogens (tertiary/aromatic N) is 6. The molecule has 234 valence electrons. The van der Waals surface area contributed by atoms with Crippen molar-refractivity contribution >= 4 is 35.0 Å². The predicted molar refractivity (Wildman–Crippen MR) is 168 cm³/mol. The van der Waals surface area contributed by atoms with Crippen molar-refractivity contribution in [1.29, 1.82) is 0 Å². The van der Waals surface area contributed by atoms with Gasteiger partial charge in [-0.05, 0) is 48.9 Å². The van der Waals surface area contributed by atoms with Gasteiger partial charge in [-0.3, -0.25) is 19.0 Å². The van der Waals surface area contributed by atoms with Gasteiger partial charge in [0, 0.05) is 25.5 Å². The third kappa shape index (κ3) is 6.11. The van der Waals surface area contributed by atoms with Gasteiger partial charge in [-0.15, -0.1) is 5.10 Å². The average Bonchev–Trinajstić information content (AvgIpc) is 3.46. The van der Waals surface area contributed by atoms with Crippen LogP contribution in [-0.4, -0.2) is 53.8 Å². The summed E-state index contributed by atoms with van der Waals surface area (Å²) in [6.07, 6.45) is 6.23. The molecule has 0 spiro atoms. The number of benzene rings is 2. The van der Waals surface area contributed by atoms with Crippen LogP contribution in [0.15, 0.2) is 59.8 Å². The first-order chi connectivity index (χ1) is 21.6. The molecule has 2 amide bonds. The molecule has 6 rings (SSSR count). The highest BCUT2D eigenvalue weighted by Crippen LogP contribution is 2.36. The number of fused-ring (bicyclic) bond motifs is 4. The van der Waals surface area contributed by atoms with Crippen molar-refractivity contribution in [2.24, 2.45) is 5.92 Å². The van der Waals surface area contributed by atoms with Crippen molar-refractivity contribution in [2.75, 3.05) is 6.54 Å². The number of hydrogen-bond acceptors (Lipinski definition) is 6. The Balaban J connectivity index is 1.44. The number of nitrogens with one attached hydrogen (secondary N) is 1. The normalized spacial score (nSPS) is 22.2. The van der Waals surface area contributed by atoms with E-state index in [0.29, 0.717) is 25.8 Å². The molecule has 2 aliphatic rings. The van der Waals surface area contributed by atoms with E-state index in [9.17, 15) is 14.4 Å². The van der Waals surface area contributed by atoms with Crippen molar-refractivity contribution in [3.63, 3.8) is 0 Å². The molecule has 13 heteroatoms. The van der Waals surface area contributed by atoms with Gasteiger partial charge in [0.1, 0.15) is 0 Å². The van der Waals surface area contributed by atoms with Crippen LogP contribution in [0.1, 0.15) is 69.2 Å². The standard InChI is InChI=1S/C32H32Cl2FN7O3/c1-18-6-3-10-25(20-7-4-8-21(14-20)31-23(37-32(18)45)9-5-13-40(31)19(2)43)41-17-36-24(15-28(41)44)29-26(12-11-22(33)30(29)35)42-16-27(34)38-39-42/h4,7-8,11-12,14-18,23,25,31H,3,5-6,9-10,13H2,1-2H3,(H,37,45)/t18-,23?,25+,31?/m1/s1. The summed E-state index contributed by atoms with van der Waals surface area (Å²) in [5.74, 6) is -1.10. The van der Waals surface area contributed by atoms with E-state index in [1.54, 1.807) is 13.0 Å². The minimum absolute atomic E-state index is 0.0125. The Morgan fingerprint density at radius 2 is 1.84 bits per heavy atom. The molecule has 2 aromatic heterocycles. The molecule has 4 aromatic rings. The quantitative estimate of drug-likeness (QED) is 0.312. The van der Waals surface area contributed by atoms with Gasteiger partial charge in [0.15, 0.2) is 11.0 Å². The molecular weight excluding hydrogens is 620 g/mol. The van der Waals surface area contributed by atoms with Crippen LogP contribution in [0.3, 0.4) is 0 Å². The van der Waals surface area contributed by atoms with Gasteiger partial charge in [0.05, 0.1) is 52.6 Å². The highest BCUT2D eigenvalue weighted by Gasteiger charge is 2.36. The molecule has 1 fully saturated rings. The number of carbonyl (C=O) groups is 2. The van der Waals surface area contributed by atoms with Crippen molar-refractivity contribution in [1.82, 2.24) is 34.8 Å². The van der Waals surface area contributed by atoms with Crippen molar-refractivity contribution < 1.29 is 14.0 Å². The summed E-state index contributed by atoms with van der Waals surface area (Å²) < 4.78 is 18.3. The van der Waals surface area contributed by atoms with E-state index < -0.39 is 17.4 Å². The molecule has 45 heavy (non-hydrogen) atoms. The van der Waals surface area contributed by atoms with Crippen LogP contribution in [0.2, 0.25) is 10.2 Å². The first kappa shape index (κ1) is 30.9. The van der Waals surface area contributed by atoms with Crippen LogP contribution in [-0.2, 0) is 9.59 Å². The first-order valence-corrected chi connectivity index (χ1v) is 15.7. The summed E-state index contributed by atoms with van der Waals surface area (Å²) in [7, 11) is 0. The Morgan fingerprint density at radius 1 is 1.04 bits per heavy atom. The first-order valence-electron chi connectivity index (χ1n) is 14.9. The Kier molecular flexibility index (Phi) is 8.74. The lowest BCUT2D eigenvalue weighted by Crippen LogP contribution is -2.52. The van der Waals surface area contributed by atoms with E-state index >= 15 is 4.39 Å². The number of hydrogen-bond donors (Lipinski definition) is 1. The maximum atomic E-state index is 15.5. The summed E-state index contributed by atoms with van der Waals surface area (Å²) in [4.78, 5) is 46.1. The lowest BCUT2D eigenvalue weighted by molar-refractivity contribution is -0.135. The monoisotopic (exact) mass is 651 g/mol. The zero-order chi connectivity index (χ0) is 31.8. The van der Waals surface area contributed by atoms with E-state index in [-0.39, 0.29) is 56.9 Å². The highest BCUT2D eigenvalue weighted by molar-refractivity contribution is 6.31. The van der Waals surface area contributed by atoms with Gasteiger partial charge >= 0.3 is 0 Å². The molecule has 4 heterocycles. The van der Waals surface area contributed by atoms with E-state index in [4.69, 9.17) is 23.2 Å². The number of carbonyl (C=O) groups excluding carboxylic acids is 2. The van der Waals surface area contributed by atoms with Crippen LogP contribution >= 0.6 is 23.2 Å². The molecule has 4 atom stereocenters. The molecule has 2 bridgehead atoms. The van der Waals surface area contributed by atoms with Crippen LogP contribution in [0.5, 0.6) is 0 Å². The fourth-order valence-corrected chi connectivity index (χ4v) is 6.80. The second kappa shape index (κ2) is 12.7. The van der Waals surface area contributed by atoms with Crippen molar-refractivity contribution in [2.45, 2.75) is 64.1 Å². The van der Waals surface area contributed by atoms with Crippen molar-refractivity contribution in [3.05, 3.63) is 92.5 Å². The Morgan fingerprint density at radius 3 is 2.58 bits per heavy atom. The van der Waals surface area contributed by atoms with Gasteiger partial charge in [-0.2, -0.15) is 0 Å². The minimum atomic E-state index is -0.756. The van der Waals surface area contributed by atoms with Crippen LogP contribution in [0.4, 0.5) is 4.39 Å². The minimum Gasteiger partial charge on any atom is -0.351 e. The third-order valence-electron chi connectivity index (χ3n) is 8.78. The number of aromatic nitrogens is 5. The van der Waals surface area contributed by atoms with E-state index in [0.717, 1.165) is 24.0 Å². The van der Waals surface area contributed by atoms with Crippen molar-refractivity contribution in [3.8, 4) is 16.9 Å². The van der Waals surface area contributed by atoms with Gasteiger partial charge < -0.3 is 10.2 Å². The molecule has 0 aliphatic carbocycles. The predicted octanol–water partition coefficient (Wildman–Crippen LogP) is 5.51. The average molecular weight is 653 g/mol. The number of piperidine rings is 1. The fourth-order valence-electron chi connectivity index (χ4n) is 6.52. The van der Waals surface area contributed by atoms with Gasteiger partial charge in [0.2, 0.25) is 11.8 Å². The fraction of sp³-hybridized carbons (Fsp3) is 0.375. The second-order valence-electron chi connectivity index (χ2n) is 11.7.